The van der Waals surface area contributed by atoms with Crippen molar-refractivity contribution in [2.45, 2.75) is 50.1 Å². The number of fused-ring (bicyclic) bond motifs is 1. The molecular formula is C41H53N3O6+2. The third-order valence-electron chi connectivity index (χ3n) is 9.76. The van der Waals surface area contributed by atoms with Gasteiger partial charge in [-0.15, -0.1) is 0 Å². The summed E-state index contributed by atoms with van der Waals surface area (Å²) in [7, 11) is 0. The average molecular weight is 684 g/mol. The van der Waals surface area contributed by atoms with Gasteiger partial charge in [-0.3, -0.25) is 0 Å². The highest BCUT2D eigenvalue weighted by atomic mass is 16.6. The number of hydrogen-bond donors (Lipinski definition) is 1. The summed E-state index contributed by atoms with van der Waals surface area (Å²) in [4.78, 5) is 0. The summed E-state index contributed by atoms with van der Waals surface area (Å²) in [5.74, 6) is 2.43. The van der Waals surface area contributed by atoms with E-state index in [9.17, 15) is 0 Å². The molecular weight excluding hydrogens is 630 g/mol. The van der Waals surface area contributed by atoms with Gasteiger partial charge in [-0.2, -0.15) is 0 Å². The second-order valence-electron chi connectivity index (χ2n) is 12.8. The molecule has 4 unspecified atom stereocenters. The quantitative estimate of drug-likeness (QED) is 0.264. The number of rotatable bonds is 8. The molecule has 2 aromatic heterocycles. The molecule has 1 fully saturated rings. The zero-order valence-corrected chi connectivity index (χ0v) is 29.4. The van der Waals surface area contributed by atoms with Crippen molar-refractivity contribution < 1.29 is 37.6 Å². The van der Waals surface area contributed by atoms with Gasteiger partial charge in [0.15, 0.2) is 36.3 Å². The monoisotopic (exact) mass is 683 g/mol. The van der Waals surface area contributed by atoms with E-state index in [1.165, 1.54) is 22.3 Å². The van der Waals surface area contributed by atoms with Gasteiger partial charge in [0.05, 0.1) is 52.9 Å². The zero-order chi connectivity index (χ0) is 34.4. The molecule has 1 aliphatic carbocycles. The van der Waals surface area contributed by atoms with Crippen molar-refractivity contribution in [1.82, 2.24) is 0 Å². The van der Waals surface area contributed by atoms with Gasteiger partial charge in [0.25, 0.3) is 0 Å². The standard InChI is InChI=1S/C41H53N3O6/c1-2-43-17-11-33(12-18-43)39-38(32-7-4-3-5-8-32)40(34-13-19-44(20-14-34)16-6-15-42)41(39)35-9-10-36-37(31-35)50-30-28-48-26-24-46-22-21-45-23-25-47-27-29-49-36/h3-5,7-14,17-20,31,38-41H,2,6,15-16,21-30,42H2,1H3/q+2. The van der Waals surface area contributed by atoms with Crippen LogP contribution in [0.2, 0.25) is 0 Å². The Balaban J connectivity index is 1.35. The normalized spacial score (nSPS) is 22.5. The summed E-state index contributed by atoms with van der Waals surface area (Å²) in [6.45, 7) is 9.54. The highest BCUT2D eigenvalue weighted by Gasteiger charge is 2.53. The summed E-state index contributed by atoms with van der Waals surface area (Å²) in [5, 5.41) is 0. The van der Waals surface area contributed by atoms with Gasteiger partial charge in [-0.05, 0) is 71.5 Å². The van der Waals surface area contributed by atoms with Gasteiger partial charge in [0.2, 0.25) is 0 Å². The maximum absolute atomic E-state index is 6.40. The Morgan fingerprint density at radius 2 is 0.980 bits per heavy atom. The SMILES string of the molecule is CC[n+]1ccc(C2C(c3ccccc3)C(c3cc[n+](CCCN)cc3)C2c2ccc3c(c2)OCCOCCOCCOCCOCCO3)cc1. The number of aromatic nitrogens is 2. The van der Waals surface area contributed by atoms with Crippen LogP contribution >= 0.6 is 0 Å². The van der Waals surface area contributed by atoms with Crippen molar-refractivity contribution in [2.75, 3.05) is 72.6 Å². The molecule has 9 nitrogen and oxygen atoms in total. The van der Waals surface area contributed by atoms with Gasteiger partial charge in [0.1, 0.15) is 26.3 Å². The highest BCUT2D eigenvalue weighted by molar-refractivity contribution is 5.51. The van der Waals surface area contributed by atoms with Crippen molar-refractivity contribution in [3.8, 4) is 11.5 Å². The lowest BCUT2D eigenvalue weighted by atomic mass is 9.49. The molecule has 9 heteroatoms. The largest absolute Gasteiger partial charge is 0.487 e. The Hall–Kier alpha value is -3.86. The summed E-state index contributed by atoms with van der Waals surface area (Å²) >= 11 is 0. The number of nitrogens with zero attached hydrogens (tertiary/aromatic N) is 2. The summed E-state index contributed by atoms with van der Waals surface area (Å²) in [6, 6.07) is 26.7. The molecule has 4 atom stereocenters. The zero-order valence-electron chi connectivity index (χ0n) is 29.4. The van der Waals surface area contributed by atoms with E-state index >= 15 is 0 Å². The topological polar surface area (TPSA) is 89.2 Å². The first-order valence-electron chi connectivity index (χ1n) is 18.2. The number of nitrogens with two attached hydrogens (primary N) is 1. The molecule has 1 aliphatic heterocycles. The molecule has 6 rings (SSSR count). The fraction of sp³-hybridized carbons (Fsp3) is 0.463. The molecule has 0 saturated heterocycles. The van der Waals surface area contributed by atoms with E-state index < -0.39 is 0 Å². The maximum Gasteiger partial charge on any atom is 0.169 e. The Morgan fingerprint density at radius 3 is 1.50 bits per heavy atom. The second-order valence-corrected chi connectivity index (χ2v) is 12.8. The first-order chi connectivity index (χ1) is 24.8. The molecule has 3 heterocycles. The van der Waals surface area contributed by atoms with E-state index in [0.29, 0.717) is 84.3 Å². The van der Waals surface area contributed by atoms with Crippen LogP contribution in [0.25, 0.3) is 0 Å². The average Bonchev–Trinajstić information content (AvgIpc) is 3.15. The van der Waals surface area contributed by atoms with E-state index in [1.54, 1.807) is 0 Å². The lowest BCUT2D eigenvalue weighted by Crippen LogP contribution is -2.41. The smallest absolute Gasteiger partial charge is 0.169 e. The summed E-state index contributed by atoms with van der Waals surface area (Å²) in [5.41, 5.74) is 11.1. The van der Waals surface area contributed by atoms with Gasteiger partial charge >= 0.3 is 0 Å². The van der Waals surface area contributed by atoms with Crippen molar-refractivity contribution in [1.29, 1.82) is 0 Å². The van der Waals surface area contributed by atoms with Crippen LogP contribution in [0.4, 0.5) is 0 Å². The number of benzene rings is 2. The molecule has 2 N–H and O–H groups in total. The maximum atomic E-state index is 6.40. The van der Waals surface area contributed by atoms with Crippen LogP contribution in [0.3, 0.4) is 0 Å². The molecule has 50 heavy (non-hydrogen) atoms. The predicted octanol–water partition coefficient (Wildman–Crippen LogP) is 4.92. The summed E-state index contributed by atoms with van der Waals surface area (Å²) in [6.07, 6.45) is 9.78. The van der Waals surface area contributed by atoms with Crippen molar-refractivity contribution in [3.63, 3.8) is 0 Å². The molecule has 266 valence electrons. The van der Waals surface area contributed by atoms with Crippen molar-refractivity contribution in [3.05, 3.63) is 120 Å². The van der Waals surface area contributed by atoms with Crippen LogP contribution in [0.15, 0.2) is 97.6 Å². The Labute approximate surface area is 296 Å². The van der Waals surface area contributed by atoms with Crippen LogP contribution in [-0.4, -0.2) is 72.6 Å². The molecule has 2 aromatic carbocycles. The first kappa shape index (κ1) is 35.9. The van der Waals surface area contributed by atoms with E-state index in [2.05, 4.69) is 114 Å². The molecule has 0 bridgehead atoms. The molecule has 0 spiro atoms. The van der Waals surface area contributed by atoms with Crippen molar-refractivity contribution in [2.24, 2.45) is 5.73 Å². The van der Waals surface area contributed by atoms with Gasteiger partial charge < -0.3 is 34.2 Å². The summed E-state index contributed by atoms with van der Waals surface area (Å²) < 4.78 is 39.8. The highest BCUT2D eigenvalue weighted by Crippen LogP contribution is 2.66. The van der Waals surface area contributed by atoms with E-state index in [1.807, 2.05) is 0 Å². The lowest BCUT2D eigenvalue weighted by molar-refractivity contribution is -0.697. The Bertz CT molecular complexity index is 1570. The lowest BCUT2D eigenvalue weighted by Gasteiger charge is -2.53. The van der Waals surface area contributed by atoms with Crippen LogP contribution in [0, 0.1) is 0 Å². The second kappa shape index (κ2) is 18.9. The van der Waals surface area contributed by atoms with E-state index in [0.717, 1.165) is 25.3 Å². The molecule has 2 aliphatic rings. The fourth-order valence-corrected chi connectivity index (χ4v) is 7.24. The minimum absolute atomic E-state index is 0.205. The van der Waals surface area contributed by atoms with Crippen LogP contribution in [-0.2, 0) is 32.0 Å². The number of ether oxygens (including phenoxy) is 6. The number of aryl methyl sites for hydroxylation is 2. The van der Waals surface area contributed by atoms with Gasteiger partial charge in [0, 0.05) is 30.7 Å². The molecule has 0 radical (unpaired) electrons. The molecule has 1 saturated carbocycles. The number of hydrogen-bond acceptors (Lipinski definition) is 7. The minimum Gasteiger partial charge on any atom is -0.487 e. The third-order valence-corrected chi connectivity index (χ3v) is 9.76. The van der Waals surface area contributed by atoms with Crippen LogP contribution < -0.4 is 24.3 Å². The van der Waals surface area contributed by atoms with Gasteiger partial charge in [-0.25, -0.2) is 9.13 Å². The molecule has 4 aromatic rings. The van der Waals surface area contributed by atoms with E-state index in [-0.39, 0.29) is 17.8 Å². The molecule has 0 amide bonds. The Morgan fingerprint density at radius 1 is 0.520 bits per heavy atom. The minimum atomic E-state index is 0.205. The van der Waals surface area contributed by atoms with Crippen LogP contribution in [0.5, 0.6) is 11.5 Å². The number of pyridine rings is 2. The van der Waals surface area contributed by atoms with Gasteiger partial charge in [-0.1, -0.05) is 36.4 Å². The first-order valence-corrected chi connectivity index (χ1v) is 18.2. The van der Waals surface area contributed by atoms with E-state index in [4.69, 9.17) is 34.2 Å². The Kier molecular flexibility index (Phi) is 13.6. The van der Waals surface area contributed by atoms with Crippen LogP contribution in [0.1, 0.15) is 59.3 Å². The van der Waals surface area contributed by atoms with Crippen molar-refractivity contribution >= 4 is 0 Å². The third kappa shape index (κ3) is 9.27. The predicted molar refractivity (Wildman–Crippen MR) is 191 cm³/mol. The fourth-order valence-electron chi connectivity index (χ4n) is 7.24.